The number of hydrogen-bond acceptors (Lipinski definition) is 8. The van der Waals surface area contributed by atoms with Crippen molar-refractivity contribution in [2.24, 2.45) is 0 Å². The first-order valence-corrected chi connectivity index (χ1v) is 12.0. The summed E-state index contributed by atoms with van der Waals surface area (Å²) in [5.74, 6) is -2.15. The van der Waals surface area contributed by atoms with Crippen LogP contribution in [-0.2, 0) is 14.4 Å². The highest BCUT2D eigenvalue weighted by Crippen LogP contribution is 2.37. The first-order chi connectivity index (χ1) is 19.1. The molecule has 0 spiro atoms. The van der Waals surface area contributed by atoms with Crippen LogP contribution in [0, 0.1) is 17.0 Å². The first kappa shape index (κ1) is 27.8. The zero-order valence-electron chi connectivity index (χ0n) is 21.1. The van der Waals surface area contributed by atoms with Crippen molar-refractivity contribution in [3.05, 3.63) is 92.5 Å². The van der Waals surface area contributed by atoms with E-state index in [1.807, 2.05) is 13.0 Å². The Labute approximate surface area is 232 Å². The van der Waals surface area contributed by atoms with Crippen molar-refractivity contribution < 1.29 is 33.6 Å². The fourth-order valence-electron chi connectivity index (χ4n) is 3.80. The molecule has 12 nitrogen and oxygen atoms in total. The van der Waals surface area contributed by atoms with Gasteiger partial charge in [-0.3, -0.25) is 29.8 Å². The second-order valence-electron chi connectivity index (χ2n) is 8.47. The SMILES string of the molecule is COc1cc(/C=C2\C(=O)NC(=O)N(c3ccc([N+](=O)[O-])cc3)C2=O)cc(Cl)c1OCC(=O)Nc1cccc(C)c1. The molecule has 0 atom stereocenters. The normalized spacial score (nSPS) is 14.1. The van der Waals surface area contributed by atoms with Crippen molar-refractivity contribution in [2.45, 2.75) is 6.92 Å². The van der Waals surface area contributed by atoms with E-state index in [9.17, 15) is 29.3 Å². The number of hydrogen-bond donors (Lipinski definition) is 2. The molecular formula is C27H21ClN4O8. The van der Waals surface area contributed by atoms with Gasteiger partial charge >= 0.3 is 6.03 Å². The Balaban J connectivity index is 1.55. The molecule has 0 aromatic heterocycles. The zero-order valence-corrected chi connectivity index (χ0v) is 21.9. The van der Waals surface area contributed by atoms with E-state index < -0.39 is 34.2 Å². The van der Waals surface area contributed by atoms with Crippen molar-refractivity contribution in [1.29, 1.82) is 0 Å². The summed E-state index contributed by atoms with van der Waals surface area (Å²) in [5.41, 5.74) is 1.22. The highest BCUT2D eigenvalue weighted by atomic mass is 35.5. The third-order valence-electron chi connectivity index (χ3n) is 5.63. The molecule has 2 N–H and O–H groups in total. The zero-order chi connectivity index (χ0) is 29.0. The Morgan fingerprint density at radius 1 is 1.12 bits per heavy atom. The standard InChI is InChI=1S/C27H21ClN4O8/c1-15-4-3-5-17(10-15)29-23(33)14-40-24-21(28)12-16(13-22(24)39-2)11-20-25(34)30-27(36)31(26(20)35)18-6-8-19(9-7-18)32(37)38/h3-13H,14H2,1-2H3,(H,29,33)(H,30,34,36)/b20-11+. The number of rotatable bonds is 8. The van der Waals surface area contributed by atoms with Gasteiger partial charge in [-0.2, -0.15) is 0 Å². The van der Waals surface area contributed by atoms with E-state index in [0.717, 1.165) is 17.7 Å². The largest absolute Gasteiger partial charge is 0.493 e. The number of anilines is 2. The van der Waals surface area contributed by atoms with E-state index in [1.165, 1.54) is 37.5 Å². The Kier molecular flexibility index (Phi) is 8.10. The summed E-state index contributed by atoms with van der Waals surface area (Å²) in [4.78, 5) is 61.4. The van der Waals surface area contributed by atoms with Crippen molar-refractivity contribution in [1.82, 2.24) is 5.32 Å². The number of ether oxygens (including phenoxy) is 2. The molecule has 204 valence electrons. The van der Waals surface area contributed by atoms with E-state index in [2.05, 4.69) is 10.6 Å². The van der Waals surface area contributed by atoms with E-state index in [4.69, 9.17) is 21.1 Å². The molecule has 0 saturated carbocycles. The van der Waals surface area contributed by atoms with Crippen LogP contribution in [-0.4, -0.2) is 42.4 Å². The van der Waals surface area contributed by atoms with Crippen LogP contribution in [0.5, 0.6) is 11.5 Å². The summed E-state index contributed by atoms with van der Waals surface area (Å²) in [7, 11) is 1.34. The van der Waals surface area contributed by atoms with Gasteiger partial charge in [0.15, 0.2) is 18.1 Å². The minimum absolute atomic E-state index is 0.0230. The molecule has 1 heterocycles. The molecule has 4 rings (SSSR count). The van der Waals surface area contributed by atoms with Crippen LogP contribution >= 0.6 is 11.6 Å². The Morgan fingerprint density at radius 2 is 1.85 bits per heavy atom. The van der Waals surface area contributed by atoms with Crippen molar-refractivity contribution >= 4 is 58.5 Å². The third kappa shape index (κ3) is 6.08. The van der Waals surface area contributed by atoms with Gasteiger partial charge in [-0.1, -0.05) is 23.7 Å². The minimum Gasteiger partial charge on any atom is -0.493 e. The van der Waals surface area contributed by atoms with Gasteiger partial charge in [0.2, 0.25) is 0 Å². The fraction of sp³-hybridized carbons (Fsp3) is 0.111. The highest BCUT2D eigenvalue weighted by Gasteiger charge is 2.37. The minimum atomic E-state index is -1.01. The number of imide groups is 2. The maximum atomic E-state index is 13.1. The van der Waals surface area contributed by atoms with Crippen LogP contribution in [0.25, 0.3) is 6.08 Å². The number of carbonyl (C=O) groups is 4. The van der Waals surface area contributed by atoms with Gasteiger partial charge in [0, 0.05) is 17.8 Å². The van der Waals surface area contributed by atoms with Gasteiger partial charge in [0.1, 0.15) is 5.57 Å². The number of non-ortho nitro benzene ring substituents is 1. The summed E-state index contributed by atoms with van der Waals surface area (Å²) in [6, 6.07) is 13.7. The van der Waals surface area contributed by atoms with Crippen molar-refractivity contribution in [3.63, 3.8) is 0 Å². The van der Waals surface area contributed by atoms with E-state index >= 15 is 0 Å². The molecule has 40 heavy (non-hydrogen) atoms. The number of nitrogens with one attached hydrogen (secondary N) is 2. The summed E-state index contributed by atoms with van der Waals surface area (Å²) >= 11 is 6.39. The lowest BCUT2D eigenvalue weighted by Crippen LogP contribution is -2.54. The number of nitro benzene ring substituents is 1. The third-order valence-corrected chi connectivity index (χ3v) is 5.91. The topological polar surface area (TPSA) is 157 Å². The van der Waals surface area contributed by atoms with Crippen LogP contribution in [0.3, 0.4) is 0 Å². The number of halogens is 1. The molecule has 3 aromatic rings. The lowest BCUT2D eigenvalue weighted by atomic mass is 10.1. The smallest absolute Gasteiger partial charge is 0.335 e. The predicted molar refractivity (Wildman–Crippen MR) is 145 cm³/mol. The average molecular weight is 565 g/mol. The van der Waals surface area contributed by atoms with Crippen LogP contribution in [0.15, 0.2) is 66.2 Å². The molecule has 0 unspecified atom stereocenters. The van der Waals surface area contributed by atoms with Gasteiger partial charge in [-0.15, -0.1) is 0 Å². The second-order valence-corrected chi connectivity index (χ2v) is 8.88. The van der Waals surface area contributed by atoms with E-state index in [1.54, 1.807) is 18.2 Å². The van der Waals surface area contributed by atoms with Gasteiger partial charge in [-0.25, -0.2) is 9.69 Å². The molecule has 0 bridgehead atoms. The number of aryl methyl sites for hydroxylation is 1. The maximum absolute atomic E-state index is 13.1. The molecule has 3 aromatic carbocycles. The van der Waals surface area contributed by atoms with Crippen LogP contribution in [0.1, 0.15) is 11.1 Å². The van der Waals surface area contributed by atoms with Crippen LogP contribution in [0.4, 0.5) is 21.9 Å². The summed E-state index contributed by atoms with van der Waals surface area (Å²) in [6.45, 7) is 1.51. The molecule has 1 aliphatic rings. The number of nitrogens with zero attached hydrogens (tertiary/aromatic N) is 2. The number of urea groups is 1. The number of barbiturate groups is 1. The molecule has 1 saturated heterocycles. The lowest BCUT2D eigenvalue weighted by Gasteiger charge is -2.26. The van der Waals surface area contributed by atoms with E-state index in [0.29, 0.717) is 10.6 Å². The van der Waals surface area contributed by atoms with Crippen molar-refractivity contribution in [2.75, 3.05) is 23.9 Å². The monoisotopic (exact) mass is 564 g/mol. The first-order valence-electron chi connectivity index (χ1n) is 11.6. The molecule has 1 fully saturated rings. The molecular weight excluding hydrogens is 544 g/mol. The lowest BCUT2D eigenvalue weighted by molar-refractivity contribution is -0.384. The van der Waals surface area contributed by atoms with Gasteiger partial charge in [-0.05, 0) is 60.5 Å². The summed E-state index contributed by atoms with van der Waals surface area (Å²) in [6.07, 6.45) is 1.20. The van der Waals surface area contributed by atoms with Crippen molar-refractivity contribution in [3.8, 4) is 11.5 Å². The molecule has 0 aliphatic carbocycles. The Morgan fingerprint density at radius 3 is 2.50 bits per heavy atom. The number of amides is 5. The highest BCUT2D eigenvalue weighted by molar-refractivity contribution is 6.39. The molecule has 5 amide bonds. The quantitative estimate of drug-likeness (QED) is 0.178. The maximum Gasteiger partial charge on any atom is 0.335 e. The molecule has 13 heteroatoms. The van der Waals surface area contributed by atoms with Crippen LogP contribution in [0.2, 0.25) is 5.02 Å². The predicted octanol–water partition coefficient (Wildman–Crippen LogP) is 4.25. The Hall–Kier alpha value is -5.23. The number of carbonyl (C=O) groups excluding carboxylic acids is 4. The summed E-state index contributed by atoms with van der Waals surface area (Å²) in [5, 5.41) is 15.7. The van der Waals surface area contributed by atoms with Gasteiger partial charge < -0.3 is 14.8 Å². The molecule has 0 radical (unpaired) electrons. The van der Waals surface area contributed by atoms with Gasteiger partial charge in [0.25, 0.3) is 23.4 Å². The summed E-state index contributed by atoms with van der Waals surface area (Å²) < 4.78 is 10.9. The van der Waals surface area contributed by atoms with E-state index in [-0.39, 0.29) is 40.1 Å². The average Bonchev–Trinajstić information content (AvgIpc) is 2.90. The number of nitro groups is 1. The number of benzene rings is 3. The molecule has 1 aliphatic heterocycles. The second kappa shape index (κ2) is 11.7. The fourth-order valence-corrected chi connectivity index (χ4v) is 4.08. The Bertz CT molecular complexity index is 1570. The van der Waals surface area contributed by atoms with Crippen LogP contribution < -0.4 is 25.0 Å². The van der Waals surface area contributed by atoms with Gasteiger partial charge in [0.05, 0.1) is 22.7 Å². The number of methoxy groups -OCH3 is 1.